The number of nitrogens with one attached hydrogen (secondary N) is 2. The van der Waals surface area contributed by atoms with E-state index in [4.69, 9.17) is 4.74 Å². The number of ether oxygens (including phenoxy) is 1. The van der Waals surface area contributed by atoms with E-state index in [9.17, 15) is 4.79 Å². The van der Waals surface area contributed by atoms with Gasteiger partial charge in [-0.2, -0.15) is 0 Å². The van der Waals surface area contributed by atoms with Crippen molar-refractivity contribution in [3.8, 4) is 5.75 Å². The van der Waals surface area contributed by atoms with Gasteiger partial charge in [0.25, 0.3) is 5.91 Å². The third kappa shape index (κ3) is 4.70. The van der Waals surface area contributed by atoms with Crippen LogP contribution < -0.4 is 15.0 Å². The van der Waals surface area contributed by atoms with Crippen LogP contribution in [0, 0.1) is 0 Å². The molecule has 2 N–H and O–H groups in total. The van der Waals surface area contributed by atoms with Crippen LogP contribution in [0.25, 0.3) is 10.8 Å². The number of likely N-dealkylation sites (tertiary alicyclic amines) is 1. The van der Waals surface area contributed by atoms with Crippen molar-refractivity contribution in [1.82, 2.24) is 5.32 Å². The van der Waals surface area contributed by atoms with E-state index >= 15 is 0 Å². The molecule has 0 spiro atoms. The second-order valence-electron chi connectivity index (χ2n) is 6.21. The number of carbonyl (C=O) groups is 1. The standard InChI is InChI=1S/C19H24N2O2/c22-19(20-10-5-13-21-11-3-4-12-21)15-23-18-9-8-16-6-1-2-7-17(16)14-18/h1-2,6-9,14H,3-5,10-13,15H2,(H,20,22)/p+1. The lowest BCUT2D eigenvalue weighted by Gasteiger charge is -2.12. The molecule has 1 saturated heterocycles. The lowest BCUT2D eigenvalue weighted by Crippen LogP contribution is -3.10. The van der Waals surface area contributed by atoms with Crippen LogP contribution >= 0.6 is 0 Å². The van der Waals surface area contributed by atoms with E-state index in [1.807, 2.05) is 36.4 Å². The largest absolute Gasteiger partial charge is 0.484 e. The summed E-state index contributed by atoms with van der Waals surface area (Å²) in [6.45, 7) is 4.56. The molecular formula is C19H25N2O2+. The van der Waals surface area contributed by atoms with Crippen LogP contribution in [0.3, 0.4) is 0 Å². The molecule has 0 aromatic heterocycles. The van der Waals surface area contributed by atoms with Gasteiger partial charge < -0.3 is 15.0 Å². The lowest BCUT2D eigenvalue weighted by atomic mass is 10.1. The molecule has 0 aliphatic carbocycles. The van der Waals surface area contributed by atoms with E-state index in [2.05, 4.69) is 11.4 Å². The van der Waals surface area contributed by atoms with Crippen molar-refractivity contribution in [2.24, 2.45) is 0 Å². The summed E-state index contributed by atoms with van der Waals surface area (Å²) in [6.07, 6.45) is 3.74. The summed E-state index contributed by atoms with van der Waals surface area (Å²) >= 11 is 0. The second-order valence-corrected chi connectivity index (χ2v) is 6.21. The van der Waals surface area contributed by atoms with E-state index in [0.717, 1.165) is 30.6 Å². The predicted octanol–water partition coefficient (Wildman–Crippen LogP) is 1.40. The summed E-state index contributed by atoms with van der Waals surface area (Å²) in [5.74, 6) is 0.690. The van der Waals surface area contributed by atoms with Gasteiger partial charge in [0, 0.05) is 25.8 Å². The first-order valence-corrected chi connectivity index (χ1v) is 8.53. The van der Waals surface area contributed by atoms with Crippen molar-refractivity contribution in [2.45, 2.75) is 19.3 Å². The Labute approximate surface area is 137 Å². The van der Waals surface area contributed by atoms with Gasteiger partial charge in [0.15, 0.2) is 6.61 Å². The zero-order chi connectivity index (χ0) is 15.9. The Morgan fingerprint density at radius 2 is 1.87 bits per heavy atom. The third-order valence-electron chi connectivity index (χ3n) is 4.43. The molecule has 0 bridgehead atoms. The first kappa shape index (κ1) is 15.8. The highest BCUT2D eigenvalue weighted by Gasteiger charge is 2.14. The highest BCUT2D eigenvalue weighted by molar-refractivity contribution is 5.84. The second kappa shape index (κ2) is 7.97. The minimum absolute atomic E-state index is 0.0467. The van der Waals surface area contributed by atoms with Crippen LogP contribution in [0.1, 0.15) is 19.3 Å². The van der Waals surface area contributed by atoms with Crippen LogP contribution in [0.4, 0.5) is 0 Å². The van der Waals surface area contributed by atoms with E-state index in [1.165, 1.54) is 31.3 Å². The van der Waals surface area contributed by atoms with Crippen molar-refractivity contribution in [3.05, 3.63) is 42.5 Å². The molecular weight excluding hydrogens is 288 g/mol. The molecule has 4 heteroatoms. The molecule has 0 radical (unpaired) electrons. The number of rotatable bonds is 7. The van der Waals surface area contributed by atoms with Crippen molar-refractivity contribution in [1.29, 1.82) is 0 Å². The Morgan fingerprint density at radius 1 is 1.09 bits per heavy atom. The predicted molar refractivity (Wildman–Crippen MR) is 91.9 cm³/mol. The average molecular weight is 313 g/mol. The fraction of sp³-hybridized carbons (Fsp3) is 0.421. The van der Waals surface area contributed by atoms with E-state index in [1.54, 1.807) is 4.90 Å². The van der Waals surface area contributed by atoms with Crippen molar-refractivity contribution >= 4 is 16.7 Å². The molecule has 1 fully saturated rings. The summed E-state index contributed by atoms with van der Waals surface area (Å²) in [7, 11) is 0. The van der Waals surface area contributed by atoms with Gasteiger partial charge in [-0.3, -0.25) is 4.79 Å². The fourth-order valence-corrected chi connectivity index (χ4v) is 3.15. The molecule has 3 rings (SSSR count). The number of carbonyl (C=O) groups excluding carboxylic acids is 1. The van der Waals surface area contributed by atoms with Crippen molar-refractivity contribution in [2.75, 3.05) is 32.8 Å². The van der Waals surface area contributed by atoms with E-state index in [-0.39, 0.29) is 12.5 Å². The lowest BCUT2D eigenvalue weighted by molar-refractivity contribution is -0.887. The molecule has 2 aromatic rings. The molecule has 1 aliphatic heterocycles. The van der Waals surface area contributed by atoms with Gasteiger partial charge in [0.05, 0.1) is 19.6 Å². The third-order valence-corrected chi connectivity index (χ3v) is 4.43. The number of fused-ring (bicyclic) bond motifs is 1. The highest BCUT2D eigenvalue weighted by atomic mass is 16.5. The normalized spacial score (nSPS) is 15.0. The number of hydrogen-bond acceptors (Lipinski definition) is 2. The summed E-state index contributed by atoms with van der Waals surface area (Å²) < 4.78 is 5.59. The molecule has 1 amide bonds. The summed E-state index contributed by atoms with van der Waals surface area (Å²) in [5.41, 5.74) is 0. The number of amides is 1. The first-order valence-electron chi connectivity index (χ1n) is 8.53. The maximum atomic E-state index is 11.8. The van der Waals surface area contributed by atoms with Gasteiger partial charge in [-0.1, -0.05) is 30.3 Å². The zero-order valence-corrected chi connectivity index (χ0v) is 13.5. The van der Waals surface area contributed by atoms with Gasteiger partial charge in [-0.05, 0) is 22.9 Å². The number of benzene rings is 2. The molecule has 1 heterocycles. The van der Waals surface area contributed by atoms with Gasteiger partial charge in [-0.25, -0.2) is 0 Å². The molecule has 2 aromatic carbocycles. The first-order chi connectivity index (χ1) is 11.3. The van der Waals surface area contributed by atoms with Crippen LogP contribution in [-0.4, -0.2) is 38.7 Å². The SMILES string of the molecule is O=C(COc1ccc2ccccc2c1)NCCC[NH+]1CCCC1. The van der Waals surface area contributed by atoms with Gasteiger partial charge >= 0.3 is 0 Å². The number of hydrogen-bond donors (Lipinski definition) is 2. The van der Waals surface area contributed by atoms with Gasteiger partial charge in [-0.15, -0.1) is 0 Å². The monoisotopic (exact) mass is 313 g/mol. The Balaban J connectivity index is 1.37. The average Bonchev–Trinajstić information content (AvgIpc) is 3.10. The van der Waals surface area contributed by atoms with Crippen LogP contribution in [0.2, 0.25) is 0 Å². The molecule has 0 unspecified atom stereocenters. The maximum absolute atomic E-state index is 11.8. The maximum Gasteiger partial charge on any atom is 0.257 e. The van der Waals surface area contributed by atoms with E-state index < -0.39 is 0 Å². The van der Waals surface area contributed by atoms with Crippen LogP contribution in [-0.2, 0) is 4.79 Å². The topological polar surface area (TPSA) is 42.8 Å². The van der Waals surface area contributed by atoms with Crippen molar-refractivity contribution < 1.29 is 14.4 Å². The molecule has 4 nitrogen and oxygen atoms in total. The molecule has 1 aliphatic rings. The summed E-state index contributed by atoms with van der Waals surface area (Å²) in [5, 5.41) is 5.24. The summed E-state index contributed by atoms with van der Waals surface area (Å²) in [4.78, 5) is 13.5. The van der Waals surface area contributed by atoms with E-state index in [0.29, 0.717) is 0 Å². The fourth-order valence-electron chi connectivity index (χ4n) is 3.15. The van der Waals surface area contributed by atoms with Crippen molar-refractivity contribution in [3.63, 3.8) is 0 Å². The molecule has 0 atom stereocenters. The summed E-state index contributed by atoms with van der Waals surface area (Å²) in [6, 6.07) is 14.0. The highest BCUT2D eigenvalue weighted by Crippen LogP contribution is 2.20. The van der Waals surface area contributed by atoms with Crippen LogP contribution in [0.15, 0.2) is 42.5 Å². The Morgan fingerprint density at radius 3 is 2.70 bits per heavy atom. The number of quaternary nitrogens is 1. The quantitative estimate of drug-likeness (QED) is 0.759. The Hall–Kier alpha value is -2.07. The minimum atomic E-state index is -0.0467. The molecule has 23 heavy (non-hydrogen) atoms. The minimum Gasteiger partial charge on any atom is -0.484 e. The molecule has 0 saturated carbocycles. The smallest absolute Gasteiger partial charge is 0.257 e. The van der Waals surface area contributed by atoms with Crippen LogP contribution in [0.5, 0.6) is 5.75 Å². The molecule has 122 valence electrons. The Bertz CT molecular complexity index is 651. The zero-order valence-electron chi connectivity index (χ0n) is 13.5. The van der Waals surface area contributed by atoms with Gasteiger partial charge in [0.2, 0.25) is 0 Å². The Kier molecular flexibility index (Phi) is 5.48. The van der Waals surface area contributed by atoms with Gasteiger partial charge in [0.1, 0.15) is 5.75 Å².